The number of aromatic nitrogens is 2. The number of ether oxygens (including phenoxy) is 1. The number of para-hydroxylation sites is 1. The van der Waals surface area contributed by atoms with E-state index >= 15 is 0 Å². The number of fused-ring (bicyclic) bond motifs is 2. The first-order valence-electron chi connectivity index (χ1n) is 22.2. The molecule has 1 saturated carbocycles. The van der Waals surface area contributed by atoms with Gasteiger partial charge in [0.15, 0.2) is 10.8 Å². The molecule has 3 aromatic carbocycles. The zero-order chi connectivity index (χ0) is 42.9. The minimum Gasteiger partial charge on any atom is -0.490 e. The summed E-state index contributed by atoms with van der Waals surface area (Å²) < 4.78 is 7.52. The number of nitrogens with one attached hydrogen (secondary N) is 2. The maximum absolute atomic E-state index is 13.6. The summed E-state index contributed by atoms with van der Waals surface area (Å²) in [6.07, 6.45) is 9.61. The monoisotopic (exact) mass is 854 g/mol. The molecule has 13 heteroatoms. The van der Waals surface area contributed by atoms with Crippen molar-refractivity contribution in [1.82, 2.24) is 20.2 Å². The van der Waals surface area contributed by atoms with Crippen LogP contribution < -0.4 is 20.3 Å². The molecule has 5 aromatic rings. The summed E-state index contributed by atoms with van der Waals surface area (Å²) in [5.74, 6) is 0.778. The fraction of sp³-hybridized carbons (Fsp3) is 0.429. The number of anilines is 2. The van der Waals surface area contributed by atoms with Crippen molar-refractivity contribution in [1.29, 1.82) is 0 Å². The number of carboxylic acids is 1. The first-order chi connectivity index (χ1) is 30.1. The molecular formula is C49H54N6O6S. The zero-order valence-corrected chi connectivity index (χ0v) is 36.2. The molecule has 1 aliphatic carbocycles. The lowest BCUT2D eigenvalue weighted by molar-refractivity contribution is -0.137. The highest BCUT2D eigenvalue weighted by Crippen LogP contribution is 2.37. The van der Waals surface area contributed by atoms with Gasteiger partial charge in [0, 0.05) is 49.1 Å². The van der Waals surface area contributed by atoms with Gasteiger partial charge in [0.1, 0.15) is 11.6 Å². The molecule has 322 valence electrons. The molecule has 0 bridgehead atoms. The lowest BCUT2D eigenvalue weighted by Gasteiger charge is -2.32. The van der Waals surface area contributed by atoms with Gasteiger partial charge in [0.2, 0.25) is 11.8 Å². The van der Waals surface area contributed by atoms with E-state index in [1.807, 2.05) is 84.6 Å². The Labute approximate surface area is 366 Å². The molecule has 9 rings (SSSR count). The molecule has 4 aliphatic rings. The van der Waals surface area contributed by atoms with Crippen LogP contribution in [0.4, 0.5) is 10.9 Å². The second kappa shape index (κ2) is 18.0. The van der Waals surface area contributed by atoms with Gasteiger partial charge in [-0.05, 0) is 155 Å². The van der Waals surface area contributed by atoms with Crippen LogP contribution in [0.1, 0.15) is 102 Å². The second-order valence-corrected chi connectivity index (χ2v) is 18.7. The Bertz CT molecular complexity index is 2480. The number of carboxylic acid groups (broad SMARTS) is 1. The van der Waals surface area contributed by atoms with E-state index in [9.17, 15) is 24.3 Å². The van der Waals surface area contributed by atoms with Crippen molar-refractivity contribution in [3.8, 4) is 16.9 Å². The third-order valence-corrected chi connectivity index (χ3v) is 14.7. The summed E-state index contributed by atoms with van der Waals surface area (Å²) in [5, 5.41) is 16.5. The number of pyridine rings is 1. The van der Waals surface area contributed by atoms with Gasteiger partial charge in [-0.15, -0.1) is 0 Å². The molecule has 3 fully saturated rings. The Hall–Kier alpha value is -5.66. The van der Waals surface area contributed by atoms with Crippen molar-refractivity contribution in [2.24, 2.45) is 17.8 Å². The molecule has 3 amide bonds. The number of aromatic carboxylic acids is 1. The third kappa shape index (κ3) is 8.96. The molecule has 0 radical (unpaired) electrons. The van der Waals surface area contributed by atoms with Crippen LogP contribution in [0.2, 0.25) is 0 Å². The fourth-order valence-electron chi connectivity index (χ4n) is 10.2. The number of imide groups is 1. The van der Waals surface area contributed by atoms with Crippen LogP contribution in [-0.4, -0.2) is 75.4 Å². The van der Waals surface area contributed by atoms with Crippen LogP contribution in [0.3, 0.4) is 0 Å². The predicted octanol–water partition coefficient (Wildman–Crippen LogP) is 8.66. The molecule has 5 heterocycles. The van der Waals surface area contributed by atoms with E-state index in [0.29, 0.717) is 72.3 Å². The van der Waals surface area contributed by atoms with E-state index in [1.54, 1.807) is 0 Å². The number of thiazole rings is 1. The van der Waals surface area contributed by atoms with Gasteiger partial charge in [-0.3, -0.25) is 25.0 Å². The average molecular weight is 855 g/mol. The molecule has 3 aliphatic heterocycles. The number of piperidine rings is 1. The Kier molecular flexibility index (Phi) is 12.1. The number of amides is 3. The van der Waals surface area contributed by atoms with Crippen LogP contribution in [0.25, 0.3) is 21.3 Å². The van der Waals surface area contributed by atoms with Crippen LogP contribution in [0.5, 0.6) is 5.75 Å². The number of nitrogens with zero attached hydrogens (tertiary/aromatic N) is 4. The number of hydrogen-bond donors (Lipinski definition) is 3. The number of rotatable bonds is 12. The quantitative estimate of drug-likeness (QED) is 0.104. The fourth-order valence-corrected chi connectivity index (χ4v) is 11.1. The smallest absolute Gasteiger partial charge is 0.355 e. The van der Waals surface area contributed by atoms with Crippen molar-refractivity contribution < 1.29 is 29.0 Å². The van der Waals surface area contributed by atoms with Crippen molar-refractivity contribution in [2.75, 3.05) is 29.9 Å². The van der Waals surface area contributed by atoms with E-state index in [-0.39, 0.29) is 35.4 Å². The summed E-state index contributed by atoms with van der Waals surface area (Å²) in [6, 6.07) is 23.6. The van der Waals surface area contributed by atoms with Crippen LogP contribution in [-0.2, 0) is 22.6 Å². The lowest BCUT2D eigenvalue weighted by atomic mass is 9.83. The molecule has 3 atom stereocenters. The number of carbonyl (C=O) groups excluding carboxylic acids is 3. The van der Waals surface area contributed by atoms with E-state index in [4.69, 9.17) is 9.72 Å². The van der Waals surface area contributed by atoms with E-state index in [2.05, 4.69) is 27.4 Å². The lowest BCUT2D eigenvalue weighted by Crippen LogP contribution is -2.44. The van der Waals surface area contributed by atoms with Gasteiger partial charge in [-0.2, -0.15) is 0 Å². The Morgan fingerprint density at radius 3 is 2.55 bits per heavy atom. The minimum atomic E-state index is -1.10. The zero-order valence-electron chi connectivity index (χ0n) is 35.4. The van der Waals surface area contributed by atoms with Gasteiger partial charge < -0.3 is 19.6 Å². The van der Waals surface area contributed by atoms with Crippen LogP contribution >= 0.6 is 11.3 Å². The highest BCUT2D eigenvalue weighted by molar-refractivity contribution is 7.22. The largest absolute Gasteiger partial charge is 0.490 e. The standard InChI is InChI=1S/C49H54N6O6S/c1-29-26-35(61-34-14-12-31(13-15-34)11-10-30(2)54-24-23-33(27-54)37-19-21-44(56)52-46(37)57)16-17-36(29)38-18-20-43(51-45(38)48(59)60)55-25-22-32-6-5-7-39(40(32)28-55)47(58)53-49-50-41-8-3-4-9-42(41)62-49/h3-9,16-18,20,26,30-31,33-34,37H,10-15,19,21-25,27-28H2,1-2H3,(H,59,60)(H,50,53,58)(H,52,56,57)/t30-,31?,33?,34?,37?/m1/s1. The second-order valence-electron chi connectivity index (χ2n) is 17.7. The van der Waals surface area contributed by atoms with E-state index < -0.39 is 5.97 Å². The summed E-state index contributed by atoms with van der Waals surface area (Å²) in [6.45, 7) is 7.32. The first-order valence-corrected chi connectivity index (χ1v) is 23.0. The molecule has 0 spiro atoms. The Morgan fingerprint density at radius 1 is 0.935 bits per heavy atom. The normalized spacial score (nSPS) is 22.3. The highest BCUT2D eigenvalue weighted by atomic mass is 32.1. The molecule has 2 unspecified atom stereocenters. The summed E-state index contributed by atoms with van der Waals surface area (Å²) in [7, 11) is 0. The molecule has 2 aromatic heterocycles. The van der Waals surface area contributed by atoms with Gasteiger partial charge >= 0.3 is 5.97 Å². The SMILES string of the molecule is Cc1cc(OC2CCC(CC[C@@H](C)N3CCC(C4CCC(=O)NC4=O)C3)CC2)ccc1-c1ccc(N2CCc3cccc(C(=O)Nc4nc5ccccc5s4)c3C2)nc1C(=O)O. The third-order valence-electron chi connectivity index (χ3n) is 13.7. The maximum Gasteiger partial charge on any atom is 0.355 e. The first kappa shape index (κ1) is 41.7. The van der Waals surface area contributed by atoms with Crippen LogP contribution in [0, 0.1) is 24.7 Å². The predicted molar refractivity (Wildman–Crippen MR) is 241 cm³/mol. The van der Waals surface area contributed by atoms with Gasteiger partial charge in [-0.1, -0.05) is 41.7 Å². The van der Waals surface area contributed by atoms with Crippen LogP contribution in [0.15, 0.2) is 72.8 Å². The number of carbonyl (C=O) groups is 4. The van der Waals surface area contributed by atoms with Crippen molar-refractivity contribution in [3.63, 3.8) is 0 Å². The number of aryl methyl sites for hydroxylation is 1. The molecule has 2 saturated heterocycles. The van der Waals surface area contributed by atoms with Crippen molar-refractivity contribution >= 4 is 56.2 Å². The van der Waals surface area contributed by atoms with Crippen molar-refractivity contribution in [3.05, 3.63) is 101 Å². The van der Waals surface area contributed by atoms with E-state index in [1.165, 1.54) is 17.8 Å². The van der Waals surface area contributed by atoms with Gasteiger partial charge in [0.05, 0.1) is 16.3 Å². The number of benzene rings is 3. The van der Waals surface area contributed by atoms with Gasteiger partial charge in [0.25, 0.3) is 5.91 Å². The minimum absolute atomic E-state index is 0.0153. The number of hydrogen-bond acceptors (Lipinski definition) is 10. The van der Waals surface area contributed by atoms with E-state index in [0.717, 1.165) is 89.8 Å². The topological polar surface area (TPSA) is 154 Å². The Balaban J connectivity index is 0.791. The summed E-state index contributed by atoms with van der Waals surface area (Å²) in [4.78, 5) is 64.2. The summed E-state index contributed by atoms with van der Waals surface area (Å²) in [5.41, 5.74) is 5.64. The molecular weight excluding hydrogens is 801 g/mol. The van der Waals surface area contributed by atoms with Crippen molar-refractivity contribution in [2.45, 2.75) is 96.7 Å². The molecule has 3 N–H and O–H groups in total. The molecule has 12 nitrogen and oxygen atoms in total. The van der Waals surface area contributed by atoms with Gasteiger partial charge in [-0.25, -0.2) is 14.8 Å². The summed E-state index contributed by atoms with van der Waals surface area (Å²) >= 11 is 1.44. The maximum atomic E-state index is 13.6. The average Bonchev–Trinajstić information content (AvgIpc) is 3.93. The number of likely N-dealkylation sites (tertiary alicyclic amines) is 1. The molecule has 62 heavy (non-hydrogen) atoms. The Morgan fingerprint density at radius 2 is 1.76 bits per heavy atom. The highest BCUT2D eigenvalue weighted by Gasteiger charge is 2.38.